The predicted octanol–water partition coefficient (Wildman–Crippen LogP) is 4.64. The van der Waals surface area contributed by atoms with Crippen LogP contribution in [-0.4, -0.2) is 54.4 Å². The molecule has 1 aromatic heterocycles. The molecule has 1 saturated heterocycles. The van der Waals surface area contributed by atoms with Gasteiger partial charge in [-0.05, 0) is 44.3 Å². The first-order chi connectivity index (χ1) is 17.3. The van der Waals surface area contributed by atoms with Crippen molar-refractivity contribution in [2.45, 2.75) is 31.5 Å². The highest BCUT2D eigenvalue weighted by Crippen LogP contribution is 2.44. The molecule has 37 heavy (non-hydrogen) atoms. The number of likely N-dealkylation sites (tertiary alicyclic amines) is 1. The molecule has 8 nitrogen and oxygen atoms in total. The van der Waals surface area contributed by atoms with Gasteiger partial charge < -0.3 is 23.9 Å². The van der Waals surface area contributed by atoms with Crippen LogP contribution in [0, 0.1) is 0 Å². The van der Waals surface area contributed by atoms with Gasteiger partial charge in [0.15, 0.2) is 5.43 Å². The van der Waals surface area contributed by atoms with Crippen molar-refractivity contribution >= 4 is 34.5 Å². The van der Waals surface area contributed by atoms with Crippen LogP contribution in [0.3, 0.4) is 0 Å². The van der Waals surface area contributed by atoms with Crippen molar-refractivity contribution in [2.24, 2.45) is 0 Å². The first-order valence-corrected chi connectivity index (χ1v) is 11.5. The summed E-state index contributed by atoms with van der Waals surface area (Å²) in [4.78, 5) is 38.5. The van der Waals surface area contributed by atoms with Crippen LogP contribution >= 0.6 is 11.6 Å². The Morgan fingerprint density at radius 3 is 2.49 bits per heavy atom. The minimum absolute atomic E-state index is 0.0334. The average molecular weight is 540 g/mol. The number of nitrogens with zero attached hydrogens (tertiary/aromatic N) is 1. The molecule has 2 heterocycles. The number of ether oxygens (including phenoxy) is 2. The highest BCUT2D eigenvalue weighted by atomic mass is 35.5. The molecule has 0 saturated carbocycles. The third kappa shape index (κ3) is 5.57. The summed E-state index contributed by atoms with van der Waals surface area (Å²) in [6.45, 7) is 2.04. The first-order valence-electron chi connectivity index (χ1n) is 11.1. The molecular formula is C25H21ClF3NO7. The Morgan fingerprint density at radius 1 is 1.19 bits per heavy atom. The molecule has 1 N–H and O–H groups in total. The second-order valence-electron chi connectivity index (χ2n) is 8.69. The van der Waals surface area contributed by atoms with E-state index >= 15 is 0 Å². The molecule has 0 unspecified atom stereocenters. The van der Waals surface area contributed by atoms with Gasteiger partial charge in [-0.2, -0.15) is 13.2 Å². The van der Waals surface area contributed by atoms with Crippen LogP contribution in [0.15, 0.2) is 45.6 Å². The number of phenols is 1. The molecule has 0 aliphatic carbocycles. The fraction of sp³-hybridized carbons (Fsp3) is 0.320. The maximum absolute atomic E-state index is 13.2. The molecule has 1 aliphatic rings. The minimum atomic E-state index is -5.35. The third-order valence-electron chi connectivity index (χ3n) is 6.00. The van der Waals surface area contributed by atoms with Gasteiger partial charge in [-0.3, -0.25) is 9.59 Å². The number of halogens is 4. The van der Waals surface area contributed by atoms with Crippen molar-refractivity contribution in [3.05, 3.63) is 57.2 Å². The van der Waals surface area contributed by atoms with Gasteiger partial charge in [-0.25, -0.2) is 4.79 Å². The molecule has 0 amide bonds. The monoisotopic (exact) mass is 539 g/mol. The Hall–Kier alpha value is -3.57. The van der Waals surface area contributed by atoms with Crippen LogP contribution in [0.5, 0.6) is 11.5 Å². The van der Waals surface area contributed by atoms with E-state index in [0.717, 1.165) is 12.1 Å². The van der Waals surface area contributed by atoms with Crippen molar-refractivity contribution < 1.29 is 41.8 Å². The zero-order valence-electron chi connectivity index (χ0n) is 19.6. The Morgan fingerprint density at radius 2 is 1.86 bits per heavy atom. The van der Waals surface area contributed by atoms with Gasteiger partial charge in [0.05, 0.1) is 0 Å². The minimum Gasteiger partial charge on any atom is -0.507 e. The predicted molar refractivity (Wildman–Crippen MR) is 127 cm³/mol. The number of carbonyl (C=O) groups is 2. The van der Waals surface area contributed by atoms with Gasteiger partial charge >= 0.3 is 18.1 Å². The van der Waals surface area contributed by atoms with Crippen molar-refractivity contribution in [1.82, 2.24) is 4.90 Å². The number of esters is 2. The second-order valence-corrected chi connectivity index (χ2v) is 9.12. The Labute approximate surface area is 213 Å². The Bertz CT molecular complexity index is 1420. The zero-order valence-corrected chi connectivity index (χ0v) is 20.4. The first kappa shape index (κ1) is 26.5. The van der Waals surface area contributed by atoms with E-state index in [1.165, 1.54) is 6.92 Å². The lowest BCUT2D eigenvalue weighted by Crippen LogP contribution is -2.43. The number of fused-ring (bicyclic) bond motifs is 1. The summed E-state index contributed by atoms with van der Waals surface area (Å²) in [5.74, 6) is -5.19. The SMILES string of the molecule is CC(=O)O[C@@H]1CN(C)CC[C@@H]1c1c(O)cc(OC(=O)C(F)(F)F)c2c(=O)cc(-c3ccc(Cl)cc3)oc12. The molecular weight excluding hydrogens is 519 g/mol. The van der Waals surface area contributed by atoms with Gasteiger partial charge in [0.1, 0.15) is 34.3 Å². The van der Waals surface area contributed by atoms with Gasteiger partial charge in [0.2, 0.25) is 0 Å². The Balaban J connectivity index is 1.98. The zero-order chi connectivity index (χ0) is 27.1. The van der Waals surface area contributed by atoms with Gasteiger partial charge in [-0.15, -0.1) is 0 Å². The van der Waals surface area contributed by atoms with Crippen LogP contribution in [0.25, 0.3) is 22.3 Å². The van der Waals surface area contributed by atoms with Gasteiger partial charge in [0.25, 0.3) is 0 Å². The van der Waals surface area contributed by atoms with E-state index in [4.69, 9.17) is 20.8 Å². The van der Waals surface area contributed by atoms with Crippen molar-refractivity contribution in [1.29, 1.82) is 0 Å². The van der Waals surface area contributed by atoms with E-state index < -0.39 is 52.5 Å². The molecule has 2 atom stereocenters. The smallest absolute Gasteiger partial charge is 0.491 e. The highest BCUT2D eigenvalue weighted by molar-refractivity contribution is 6.30. The summed E-state index contributed by atoms with van der Waals surface area (Å²) in [5, 5.41) is 10.9. The lowest BCUT2D eigenvalue weighted by atomic mass is 9.85. The quantitative estimate of drug-likeness (QED) is 0.378. The van der Waals surface area contributed by atoms with E-state index in [1.807, 2.05) is 11.9 Å². The molecule has 196 valence electrons. The number of benzene rings is 2. The molecule has 0 bridgehead atoms. The summed E-state index contributed by atoms with van der Waals surface area (Å²) in [6.07, 6.45) is -5.76. The van der Waals surface area contributed by atoms with Gasteiger partial charge in [-0.1, -0.05) is 11.6 Å². The maximum Gasteiger partial charge on any atom is 0.491 e. The molecule has 0 radical (unpaired) electrons. The van der Waals surface area contributed by atoms with Gasteiger partial charge in [0, 0.05) is 47.7 Å². The summed E-state index contributed by atoms with van der Waals surface area (Å²) in [5.41, 5.74) is -0.621. The van der Waals surface area contributed by atoms with Crippen molar-refractivity contribution in [3.8, 4) is 22.8 Å². The summed E-state index contributed by atoms with van der Waals surface area (Å²) in [6, 6.07) is 8.04. The van der Waals surface area contributed by atoms with Crippen LogP contribution < -0.4 is 10.2 Å². The summed E-state index contributed by atoms with van der Waals surface area (Å²) >= 11 is 5.94. The third-order valence-corrected chi connectivity index (χ3v) is 6.25. The van der Waals surface area contributed by atoms with E-state index in [-0.39, 0.29) is 23.5 Å². The topological polar surface area (TPSA) is 106 Å². The highest BCUT2D eigenvalue weighted by Gasteiger charge is 2.42. The molecule has 4 rings (SSSR count). The maximum atomic E-state index is 13.2. The van der Waals surface area contributed by atoms with Crippen molar-refractivity contribution in [3.63, 3.8) is 0 Å². The van der Waals surface area contributed by atoms with E-state index in [2.05, 4.69) is 4.74 Å². The molecule has 3 aromatic rings. The summed E-state index contributed by atoms with van der Waals surface area (Å²) < 4.78 is 54.7. The lowest BCUT2D eigenvalue weighted by Gasteiger charge is -2.36. The number of aromatic hydroxyl groups is 1. The van der Waals surface area contributed by atoms with E-state index in [9.17, 15) is 32.7 Å². The molecule has 2 aromatic carbocycles. The molecule has 12 heteroatoms. The Kier molecular flexibility index (Phi) is 7.20. The van der Waals surface area contributed by atoms with Crippen LogP contribution in [0.4, 0.5) is 13.2 Å². The fourth-order valence-corrected chi connectivity index (χ4v) is 4.52. The number of rotatable bonds is 4. The van der Waals surface area contributed by atoms with Crippen LogP contribution in [0.1, 0.15) is 24.8 Å². The molecule has 1 fully saturated rings. The van der Waals surface area contributed by atoms with Crippen molar-refractivity contribution in [2.75, 3.05) is 20.1 Å². The fourth-order valence-electron chi connectivity index (χ4n) is 4.39. The number of alkyl halides is 3. The normalized spacial score (nSPS) is 18.5. The number of piperidine rings is 1. The van der Waals surface area contributed by atoms with Crippen LogP contribution in [0.2, 0.25) is 5.02 Å². The van der Waals surface area contributed by atoms with E-state index in [0.29, 0.717) is 23.6 Å². The molecule has 0 spiro atoms. The number of phenolic OH excluding ortho intramolecular Hbond substituents is 1. The summed E-state index contributed by atoms with van der Waals surface area (Å²) in [7, 11) is 1.81. The lowest BCUT2D eigenvalue weighted by molar-refractivity contribution is -0.189. The second kappa shape index (κ2) is 10.1. The molecule has 1 aliphatic heterocycles. The largest absolute Gasteiger partial charge is 0.507 e. The number of likely N-dealkylation sites (N-methyl/N-ethyl adjacent to an activating group) is 1. The average Bonchev–Trinajstić information content (AvgIpc) is 2.79. The van der Waals surface area contributed by atoms with E-state index in [1.54, 1.807) is 24.3 Å². The number of carbonyl (C=O) groups excluding carboxylic acids is 2. The standard InChI is InChI=1S/C25H21ClF3NO7/c1-12(31)35-20-11-30(2)8-7-15(20)21-16(32)10-19(37-24(34)25(27,28)29)22-17(33)9-18(36-23(21)22)13-3-5-14(26)6-4-13/h3-6,9-10,15,20,32H,7-8,11H2,1-2H3/t15-,20+/m0/s1. The number of hydrogen-bond acceptors (Lipinski definition) is 8. The number of hydrogen-bond donors (Lipinski definition) is 1. The van der Waals surface area contributed by atoms with Crippen LogP contribution in [-0.2, 0) is 14.3 Å².